The van der Waals surface area contributed by atoms with Crippen LogP contribution in [0.15, 0.2) is 48.5 Å². The average Bonchev–Trinajstić information content (AvgIpc) is 2.84. The number of nitrogens with zero attached hydrogens (tertiary/aromatic N) is 1. The number of fused-ring (bicyclic) bond motifs is 1. The van der Waals surface area contributed by atoms with Gasteiger partial charge in [-0.25, -0.2) is 4.79 Å². The van der Waals surface area contributed by atoms with Crippen molar-refractivity contribution in [3.8, 4) is 0 Å². The first-order chi connectivity index (χ1) is 10.6. The average molecular weight is 297 g/mol. The molecule has 2 aromatic rings. The van der Waals surface area contributed by atoms with Crippen LogP contribution in [0.5, 0.6) is 0 Å². The predicted octanol–water partition coefficient (Wildman–Crippen LogP) is 3.08. The molecule has 0 fully saturated rings. The van der Waals surface area contributed by atoms with E-state index in [0.29, 0.717) is 11.1 Å². The van der Waals surface area contributed by atoms with Gasteiger partial charge in [-0.3, -0.25) is 14.9 Å². The Kier molecular flexibility index (Phi) is 3.42. The maximum absolute atomic E-state index is 12.3. The summed E-state index contributed by atoms with van der Waals surface area (Å²) in [6.07, 6.45) is -0.681. The molecule has 22 heavy (non-hydrogen) atoms. The molecule has 0 aliphatic carbocycles. The largest absolute Gasteiger partial charge is 0.453 e. The number of rotatable bonds is 4. The Morgan fingerprint density at radius 2 is 1.95 bits per heavy atom. The third-order valence-electron chi connectivity index (χ3n) is 3.53. The summed E-state index contributed by atoms with van der Waals surface area (Å²) >= 11 is 0. The Balaban J connectivity index is 1.83. The van der Waals surface area contributed by atoms with Gasteiger partial charge in [-0.15, -0.1) is 0 Å². The normalized spacial score (nSPS) is 16.0. The maximum atomic E-state index is 12.3. The Bertz CT molecular complexity index is 784. The molecule has 0 aromatic heterocycles. The van der Waals surface area contributed by atoms with E-state index in [2.05, 4.69) is 0 Å². The summed E-state index contributed by atoms with van der Waals surface area (Å²) in [7, 11) is 0. The summed E-state index contributed by atoms with van der Waals surface area (Å²) in [6.45, 7) is 0. The lowest BCUT2D eigenvalue weighted by molar-refractivity contribution is -0.384. The van der Waals surface area contributed by atoms with Crippen LogP contribution in [0.2, 0.25) is 0 Å². The molecule has 1 aliphatic heterocycles. The number of ether oxygens (including phenoxy) is 1. The highest BCUT2D eigenvalue weighted by atomic mass is 16.6. The number of Topliss-reactive ketones (excluding diaryl/α,β-unsaturated/α-hetero) is 1. The predicted molar refractivity (Wildman–Crippen MR) is 76.6 cm³/mol. The fourth-order valence-corrected chi connectivity index (χ4v) is 2.45. The number of nitro groups is 1. The zero-order valence-electron chi connectivity index (χ0n) is 11.4. The molecular formula is C16H11NO5. The third-order valence-corrected chi connectivity index (χ3v) is 3.53. The van der Waals surface area contributed by atoms with E-state index in [1.54, 1.807) is 24.3 Å². The zero-order chi connectivity index (χ0) is 15.7. The van der Waals surface area contributed by atoms with Gasteiger partial charge < -0.3 is 4.74 Å². The standard InChI is InChI=1S/C16H11NO5/c18-14(10-4-3-5-11(8-10)17(20)21)9-15-12-6-1-2-7-13(12)16(19)22-15/h1-8,15H,9H2/t15-/m1/s1. The van der Waals surface area contributed by atoms with Gasteiger partial charge in [-0.1, -0.05) is 30.3 Å². The maximum Gasteiger partial charge on any atom is 0.339 e. The quantitative estimate of drug-likeness (QED) is 0.374. The fraction of sp³-hybridized carbons (Fsp3) is 0.125. The lowest BCUT2D eigenvalue weighted by Crippen LogP contribution is -2.08. The van der Waals surface area contributed by atoms with E-state index in [-0.39, 0.29) is 23.5 Å². The molecule has 0 saturated heterocycles. The van der Waals surface area contributed by atoms with Gasteiger partial charge in [0.2, 0.25) is 0 Å². The van der Waals surface area contributed by atoms with E-state index >= 15 is 0 Å². The van der Waals surface area contributed by atoms with Gasteiger partial charge in [0.15, 0.2) is 5.78 Å². The number of ketones is 1. The van der Waals surface area contributed by atoms with Gasteiger partial charge >= 0.3 is 5.97 Å². The molecule has 0 saturated carbocycles. The topological polar surface area (TPSA) is 86.5 Å². The Morgan fingerprint density at radius 3 is 2.73 bits per heavy atom. The molecule has 0 bridgehead atoms. The number of carbonyl (C=O) groups excluding carboxylic acids is 2. The Labute approximate surface area is 125 Å². The van der Waals surface area contributed by atoms with Crippen molar-refractivity contribution in [2.75, 3.05) is 0 Å². The number of nitro benzene ring substituents is 1. The van der Waals surface area contributed by atoms with E-state index < -0.39 is 17.0 Å². The highest BCUT2D eigenvalue weighted by Gasteiger charge is 2.32. The van der Waals surface area contributed by atoms with Crippen molar-refractivity contribution >= 4 is 17.4 Å². The van der Waals surface area contributed by atoms with E-state index in [0.717, 1.165) is 0 Å². The van der Waals surface area contributed by atoms with Crippen molar-refractivity contribution in [3.63, 3.8) is 0 Å². The van der Waals surface area contributed by atoms with Crippen LogP contribution in [0.4, 0.5) is 5.69 Å². The van der Waals surface area contributed by atoms with Crippen LogP contribution < -0.4 is 0 Å². The number of non-ortho nitro benzene ring substituents is 1. The van der Waals surface area contributed by atoms with Crippen LogP contribution in [-0.4, -0.2) is 16.7 Å². The monoisotopic (exact) mass is 297 g/mol. The summed E-state index contributed by atoms with van der Waals surface area (Å²) in [5.41, 5.74) is 1.22. The molecule has 0 radical (unpaired) electrons. The van der Waals surface area contributed by atoms with Crippen molar-refractivity contribution in [1.29, 1.82) is 0 Å². The minimum atomic E-state index is -0.643. The molecule has 1 heterocycles. The SMILES string of the molecule is O=C(C[C@H]1OC(=O)c2ccccc21)c1cccc([N+](=O)[O-])c1. The minimum absolute atomic E-state index is 0.0378. The first kappa shape index (κ1) is 13.9. The Morgan fingerprint density at radius 1 is 1.18 bits per heavy atom. The van der Waals surface area contributed by atoms with Crippen molar-refractivity contribution < 1.29 is 19.2 Å². The summed E-state index contributed by atoms with van der Waals surface area (Å²) in [5.74, 6) is -0.759. The number of hydrogen-bond donors (Lipinski definition) is 0. The van der Waals surface area contributed by atoms with Gasteiger partial charge in [0.05, 0.1) is 16.9 Å². The van der Waals surface area contributed by atoms with Gasteiger partial charge in [-0.2, -0.15) is 0 Å². The third kappa shape index (κ3) is 2.46. The molecule has 0 N–H and O–H groups in total. The lowest BCUT2D eigenvalue weighted by atomic mass is 9.98. The first-order valence-corrected chi connectivity index (χ1v) is 6.64. The number of cyclic esters (lactones) is 1. The molecule has 110 valence electrons. The fourth-order valence-electron chi connectivity index (χ4n) is 2.45. The second-order valence-corrected chi connectivity index (χ2v) is 4.92. The van der Waals surface area contributed by atoms with Crippen LogP contribution in [0.1, 0.15) is 38.8 Å². The molecule has 0 unspecified atom stereocenters. The van der Waals surface area contributed by atoms with E-state index in [9.17, 15) is 19.7 Å². The second-order valence-electron chi connectivity index (χ2n) is 4.92. The molecule has 0 amide bonds. The molecule has 1 atom stereocenters. The summed E-state index contributed by atoms with van der Waals surface area (Å²) in [5, 5.41) is 10.8. The van der Waals surface area contributed by atoms with Gasteiger partial charge in [0.1, 0.15) is 6.10 Å². The lowest BCUT2D eigenvalue weighted by Gasteiger charge is -2.09. The Hall–Kier alpha value is -3.02. The summed E-state index contributed by atoms with van der Waals surface area (Å²) in [6, 6.07) is 12.4. The molecule has 0 spiro atoms. The van der Waals surface area contributed by atoms with Crippen molar-refractivity contribution in [2.24, 2.45) is 0 Å². The zero-order valence-corrected chi connectivity index (χ0v) is 11.4. The van der Waals surface area contributed by atoms with Gasteiger partial charge in [0, 0.05) is 23.3 Å². The van der Waals surface area contributed by atoms with Gasteiger partial charge in [0.25, 0.3) is 5.69 Å². The number of carbonyl (C=O) groups is 2. The van der Waals surface area contributed by atoms with Crippen molar-refractivity contribution in [2.45, 2.75) is 12.5 Å². The van der Waals surface area contributed by atoms with Crippen LogP contribution in [0.3, 0.4) is 0 Å². The van der Waals surface area contributed by atoms with E-state index in [4.69, 9.17) is 4.74 Å². The van der Waals surface area contributed by atoms with Crippen LogP contribution in [0.25, 0.3) is 0 Å². The smallest absolute Gasteiger partial charge is 0.339 e. The molecule has 1 aliphatic rings. The molecule has 6 nitrogen and oxygen atoms in total. The molecule has 2 aromatic carbocycles. The van der Waals surface area contributed by atoms with Crippen molar-refractivity contribution in [3.05, 3.63) is 75.3 Å². The number of esters is 1. The van der Waals surface area contributed by atoms with Crippen LogP contribution in [0, 0.1) is 10.1 Å². The highest BCUT2D eigenvalue weighted by Crippen LogP contribution is 2.33. The van der Waals surface area contributed by atoms with Crippen LogP contribution in [-0.2, 0) is 4.74 Å². The minimum Gasteiger partial charge on any atom is -0.453 e. The first-order valence-electron chi connectivity index (χ1n) is 6.64. The number of benzene rings is 2. The van der Waals surface area contributed by atoms with Gasteiger partial charge in [-0.05, 0) is 6.07 Å². The molecule has 3 rings (SSSR count). The van der Waals surface area contributed by atoms with Crippen molar-refractivity contribution in [1.82, 2.24) is 0 Å². The summed E-state index contributed by atoms with van der Waals surface area (Å²) < 4.78 is 5.21. The molecule has 6 heteroatoms. The summed E-state index contributed by atoms with van der Waals surface area (Å²) in [4.78, 5) is 34.2. The van der Waals surface area contributed by atoms with E-state index in [1.165, 1.54) is 24.3 Å². The molecular weight excluding hydrogens is 286 g/mol. The highest BCUT2D eigenvalue weighted by molar-refractivity contribution is 5.99. The second kappa shape index (κ2) is 5.40. The number of hydrogen-bond acceptors (Lipinski definition) is 5. The van der Waals surface area contributed by atoms with Crippen LogP contribution >= 0.6 is 0 Å². The van der Waals surface area contributed by atoms with E-state index in [1.807, 2.05) is 0 Å².